The summed E-state index contributed by atoms with van der Waals surface area (Å²) in [5.74, 6) is -0.404. The van der Waals surface area contributed by atoms with Gasteiger partial charge in [0.15, 0.2) is 0 Å². The van der Waals surface area contributed by atoms with E-state index in [0.717, 1.165) is 11.1 Å². The van der Waals surface area contributed by atoms with Crippen molar-refractivity contribution in [2.75, 3.05) is 6.61 Å². The van der Waals surface area contributed by atoms with Crippen LogP contribution in [0.4, 0.5) is 0 Å². The minimum absolute atomic E-state index is 0.313. The minimum atomic E-state index is -1.16. The second kappa shape index (κ2) is 7.57. The van der Waals surface area contributed by atoms with Gasteiger partial charge in [0.25, 0.3) is 0 Å². The molecule has 114 valence electrons. The molecule has 22 heavy (non-hydrogen) atoms. The third kappa shape index (κ3) is 3.83. The van der Waals surface area contributed by atoms with Crippen molar-refractivity contribution in [1.82, 2.24) is 0 Å². The Morgan fingerprint density at radius 3 is 2.27 bits per heavy atom. The van der Waals surface area contributed by atoms with Gasteiger partial charge in [0.05, 0.1) is 6.61 Å². The molecule has 2 aromatic carbocycles. The summed E-state index contributed by atoms with van der Waals surface area (Å²) in [6.45, 7) is 2.09. The second-order valence-electron chi connectivity index (χ2n) is 5.08. The SMILES string of the molecule is CCOC(=O)[C@](N)(C/C=C/c1ccccc1)c1ccccc1. The van der Waals surface area contributed by atoms with Crippen molar-refractivity contribution in [3.63, 3.8) is 0 Å². The molecule has 0 bridgehead atoms. The zero-order valence-corrected chi connectivity index (χ0v) is 12.7. The highest BCUT2D eigenvalue weighted by Gasteiger charge is 2.36. The fourth-order valence-electron chi connectivity index (χ4n) is 2.26. The topological polar surface area (TPSA) is 52.3 Å². The molecule has 0 aliphatic heterocycles. The highest BCUT2D eigenvalue weighted by molar-refractivity contribution is 5.82. The van der Waals surface area contributed by atoms with Gasteiger partial charge in [-0.15, -0.1) is 0 Å². The van der Waals surface area contributed by atoms with E-state index in [0.29, 0.717) is 13.0 Å². The van der Waals surface area contributed by atoms with Crippen LogP contribution in [0.1, 0.15) is 24.5 Å². The molecule has 3 heteroatoms. The van der Waals surface area contributed by atoms with Crippen LogP contribution in [0.25, 0.3) is 6.08 Å². The summed E-state index contributed by atoms with van der Waals surface area (Å²) in [6.07, 6.45) is 4.26. The van der Waals surface area contributed by atoms with Gasteiger partial charge in [-0.2, -0.15) is 0 Å². The third-order valence-corrected chi connectivity index (χ3v) is 3.48. The van der Waals surface area contributed by atoms with Gasteiger partial charge in [-0.1, -0.05) is 72.8 Å². The number of esters is 1. The van der Waals surface area contributed by atoms with Gasteiger partial charge in [-0.25, -0.2) is 4.79 Å². The van der Waals surface area contributed by atoms with Crippen LogP contribution in [0.3, 0.4) is 0 Å². The van der Waals surface area contributed by atoms with E-state index in [9.17, 15) is 4.79 Å². The van der Waals surface area contributed by atoms with Gasteiger partial charge in [-0.05, 0) is 24.5 Å². The molecule has 2 aromatic rings. The van der Waals surface area contributed by atoms with E-state index in [4.69, 9.17) is 10.5 Å². The maximum Gasteiger partial charge on any atom is 0.331 e. The van der Waals surface area contributed by atoms with E-state index < -0.39 is 11.5 Å². The highest BCUT2D eigenvalue weighted by Crippen LogP contribution is 2.25. The van der Waals surface area contributed by atoms with Crippen molar-refractivity contribution in [3.8, 4) is 0 Å². The Balaban J connectivity index is 2.22. The van der Waals surface area contributed by atoms with Gasteiger partial charge < -0.3 is 10.5 Å². The lowest BCUT2D eigenvalue weighted by atomic mass is 9.87. The number of nitrogens with two attached hydrogens (primary N) is 1. The Morgan fingerprint density at radius 1 is 1.09 bits per heavy atom. The normalized spacial score (nSPS) is 13.7. The summed E-state index contributed by atoms with van der Waals surface area (Å²) in [7, 11) is 0. The van der Waals surface area contributed by atoms with Gasteiger partial charge in [0, 0.05) is 0 Å². The molecule has 0 aromatic heterocycles. The molecule has 0 spiro atoms. The number of carbonyl (C=O) groups excluding carboxylic acids is 1. The zero-order chi connectivity index (χ0) is 15.8. The van der Waals surface area contributed by atoms with Crippen LogP contribution in [0, 0.1) is 0 Å². The summed E-state index contributed by atoms with van der Waals surface area (Å²) in [5, 5.41) is 0. The summed E-state index contributed by atoms with van der Waals surface area (Å²) in [4.78, 5) is 12.3. The van der Waals surface area contributed by atoms with E-state index in [2.05, 4.69) is 0 Å². The fraction of sp³-hybridized carbons (Fsp3) is 0.211. The quantitative estimate of drug-likeness (QED) is 0.830. The highest BCUT2D eigenvalue weighted by atomic mass is 16.5. The first kappa shape index (κ1) is 16.0. The maximum absolute atomic E-state index is 12.3. The van der Waals surface area contributed by atoms with E-state index in [1.54, 1.807) is 6.92 Å². The van der Waals surface area contributed by atoms with Crippen LogP contribution in [0.15, 0.2) is 66.7 Å². The lowest BCUT2D eigenvalue weighted by molar-refractivity contribution is -0.150. The Hall–Kier alpha value is -2.39. The van der Waals surface area contributed by atoms with Crippen LogP contribution in [0.5, 0.6) is 0 Å². The lowest BCUT2D eigenvalue weighted by Crippen LogP contribution is -2.45. The first-order valence-corrected chi connectivity index (χ1v) is 7.40. The van der Waals surface area contributed by atoms with Gasteiger partial charge in [0.1, 0.15) is 5.54 Å². The Labute approximate surface area is 131 Å². The molecule has 0 amide bonds. The molecule has 0 heterocycles. The predicted octanol–water partition coefficient (Wildman–Crippen LogP) is 3.51. The van der Waals surface area contributed by atoms with E-state index in [1.165, 1.54) is 0 Å². The average molecular weight is 295 g/mol. The first-order chi connectivity index (χ1) is 10.7. The van der Waals surface area contributed by atoms with Crippen LogP contribution >= 0.6 is 0 Å². The second-order valence-corrected chi connectivity index (χ2v) is 5.08. The molecule has 0 radical (unpaired) electrons. The third-order valence-electron chi connectivity index (χ3n) is 3.48. The predicted molar refractivity (Wildman–Crippen MR) is 89.0 cm³/mol. The molecular formula is C19H21NO2. The monoisotopic (exact) mass is 295 g/mol. The molecule has 0 unspecified atom stereocenters. The first-order valence-electron chi connectivity index (χ1n) is 7.40. The number of ether oxygens (including phenoxy) is 1. The van der Waals surface area contributed by atoms with Crippen molar-refractivity contribution in [1.29, 1.82) is 0 Å². The van der Waals surface area contributed by atoms with Crippen LogP contribution in [0.2, 0.25) is 0 Å². The summed E-state index contributed by atoms with van der Waals surface area (Å²) in [6, 6.07) is 19.3. The molecule has 3 nitrogen and oxygen atoms in total. The van der Waals surface area contributed by atoms with Gasteiger partial charge >= 0.3 is 5.97 Å². The van der Waals surface area contributed by atoms with Crippen molar-refractivity contribution < 1.29 is 9.53 Å². The van der Waals surface area contributed by atoms with Crippen molar-refractivity contribution in [2.24, 2.45) is 5.73 Å². The number of rotatable bonds is 6. The molecule has 0 aliphatic carbocycles. The molecule has 0 saturated carbocycles. The molecule has 2 rings (SSSR count). The molecule has 0 fully saturated rings. The van der Waals surface area contributed by atoms with Crippen molar-refractivity contribution in [3.05, 3.63) is 77.9 Å². The van der Waals surface area contributed by atoms with E-state index in [-0.39, 0.29) is 0 Å². The minimum Gasteiger partial charge on any atom is -0.464 e. The van der Waals surface area contributed by atoms with E-state index in [1.807, 2.05) is 72.8 Å². The van der Waals surface area contributed by atoms with Crippen LogP contribution in [-0.4, -0.2) is 12.6 Å². The van der Waals surface area contributed by atoms with Gasteiger partial charge in [0.2, 0.25) is 0 Å². The largest absolute Gasteiger partial charge is 0.464 e. The summed E-state index contributed by atoms with van der Waals surface area (Å²) < 4.78 is 5.17. The lowest BCUT2D eigenvalue weighted by Gasteiger charge is -2.26. The Kier molecular flexibility index (Phi) is 5.50. The number of hydrogen-bond donors (Lipinski definition) is 1. The summed E-state index contributed by atoms with van der Waals surface area (Å²) in [5.41, 5.74) is 7.05. The Bertz CT molecular complexity index is 622. The van der Waals surface area contributed by atoms with Crippen molar-refractivity contribution in [2.45, 2.75) is 18.9 Å². The fourth-order valence-corrected chi connectivity index (χ4v) is 2.26. The molecule has 2 N–H and O–H groups in total. The van der Waals surface area contributed by atoms with Crippen LogP contribution in [-0.2, 0) is 15.1 Å². The van der Waals surface area contributed by atoms with Crippen LogP contribution < -0.4 is 5.73 Å². The maximum atomic E-state index is 12.3. The summed E-state index contributed by atoms with van der Waals surface area (Å²) >= 11 is 0. The average Bonchev–Trinajstić information content (AvgIpc) is 2.56. The number of carbonyl (C=O) groups is 1. The van der Waals surface area contributed by atoms with Crippen molar-refractivity contribution >= 4 is 12.0 Å². The standard InChI is InChI=1S/C19H21NO2/c1-2-22-18(21)19(20,17-13-7-4-8-14-17)15-9-12-16-10-5-3-6-11-16/h3-14H,2,15,20H2,1H3/b12-9+/t19-/m0/s1. The van der Waals surface area contributed by atoms with Gasteiger partial charge in [-0.3, -0.25) is 0 Å². The number of hydrogen-bond acceptors (Lipinski definition) is 3. The molecular weight excluding hydrogens is 274 g/mol. The molecule has 0 saturated heterocycles. The Morgan fingerprint density at radius 2 is 1.68 bits per heavy atom. The molecule has 1 atom stereocenters. The number of benzene rings is 2. The smallest absolute Gasteiger partial charge is 0.331 e. The van der Waals surface area contributed by atoms with E-state index >= 15 is 0 Å². The zero-order valence-electron chi connectivity index (χ0n) is 12.7. The molecule has 0 aliphatic rings.